The van der Waals surface area contributed by atoms with Crippen LogP contribution in [-0.4, -0.2) is 9.97 Å². The summed E-state index contributed by atoms with van der Waals surface area (Å²) in [7, 11) is 0. The molecule has 5 rings (SSSR count). The number of hydrogen-bond acceptors (Lipinski definition) is 2. The Morgan fingerprint density at radius 3 is 1.27 bits per heavy atom. The third-order valence-electron chi connectivity index (χ3n) is 5.75. The van der Waals surface area contributed by atoms with Gasteiger partial charge < -0.3 is 0 Å². The van der Waals surface area contributed by atoms with E-state index in [2.05, 4.69) is 90.5 Å². The average molecular weight is 447 g/mol. The molecule has 0 saturated carbocycles. The smallest absolute Gasteiger partial charge is 0.0418 e. The molecule has 0 radical (unpaired) electrons. The minimum atomic E-state index is 0.705. The van der Waals surface area contributed by atoms with Gasteiger partial charge in [-0.1, -0.05) is 60.1 Å². The lowest BCUT2D eigenvalue weighted by atomic mass is 9.90. The van der Waals surface area contributed by atoms with Crippen LogP contribution in [0.25, 0.3) is 44.5 Å². The van der Waals surface area contributed by atoms with Crippen LogP contribution < -0.4 is 0 Å². The summed E-state index contributed by atoms with van der Waals surface area (Å²) in [4.78, 5) is 8.80. The number of aryl methyl sites for hydroxylation is 2. The zero-order chi connectivity index (χ0) is 22.8. The molecule has 0 fully saturated rings. The topological polar surface area (TPSA) is 25.8 Å². The van der Waals surface area contributed by atoms with Gasteiger partial charge in [-0.25, -0.2) is 0 Å². The molecule has 160 valence electrons. The average Bonchev–Trinajstić information content (AvgIpc) is 2.84. The second-order valence-corrected chi connectivity index (χ2v) is 8.76. The van der Waals surface area contributed by atoms with Crippen LogP contribution in [0.4, 0.5) is 0 Å². The van der Waals surface area contributed by atoms with Gasteiger partial charge in [0.1, 0.15) is 0 Å². The predicted molar refractivity (Wildman–Crippen MR) is 138 cm³/mol. The van der Waals surface area contributed by atoms with Crippen LogP contribution in [-0.2, 0) is 0 Å². The van der Waals surface area contributed by atoms with E-state index < -0.39 is 0 Å². The highest BCUT2D eigenvalue weighted by Crippen LogP contribution is 2.38. The Hall–Kier alpha value is -3.75. The van der Waals surface area contributed by atoms with Crippen molar-refractivity contribution in [2.45, 2.75) is 13.8 Å². The Balaban J connectivity index is 1.67. The first-order chi connectivity index (χ1) is 16.1. The summed E-state index contributed by atoms with van der Waals surface area (Å²) in [5, 5.41) is 0.705. The summed E-state index contributed by atoms with van der Waals surface area (Å²) < 4.78 is 0. The molecule has 0 bridgehead atoms. The molecule has 2 aromatic heterocycles. The van der Waals surface area contributed by atoms with E-state index in [0.29, 0.717) is 5.02 Å². The third-order valence-corrected chi connectivity index (χ3v) is 5.96. The van der Waals surface area contributed by atoms with E-state index in [1.165, 1.54) is 0 Å². The zero-order valence-corrected chi connectivity index (χ0v) is 19.3. The van der Waals surface area contributed by atoms with E-state index >= 15 is 0 Å². The first kappa shape index (κ1) is 21.1. The highest BCUT2D eigenvalue weighted by Gasteiger charge is 2.13. The Morgan fingerprint density at radius 1 is 0.485 bits per heavy atom. The molecule has 0 aliphatic rings. The van der Waals surface area contributed by atoms with Crippen LogP contribution in [0.2, 0.25) is 5.02 Å². The maximum atomic E-state index is 6.67. The number of aromatic nitrogens is 2. The highest BCUT2D eigenvalue weighted by atomic mass is 35.5. The fourth-order valence-corrected chi connectivity index (χ4v) is 4.51. The Kier molecular flexibility index (Phi) is 5.77. The third kappa shape index (κ3) is 4.44. The quantitative estimate of drug-likeness (QED) is 0.277. The van der Waals surface area contributed by atoms with E-state index in [1.54, 1.807) is 0 Å². The molecule has 2 heterocycles. The summed E-state index contributed by atoms with van der Waals surface area (Å²) in [5.74, 6) is 0. The minimum Gasteiger partial charge on any atom is -0.264 e. The van der Waals surface area contributed by atoms with E-state index in [1.807, 2.05) is 36.9 Å². The van der Waals surface area contributed by atoms with E-state index in [0.717, 1.165) is 55.6 Å². The SMILES string of the molecule is Cc1cncc(-c2ccccc2-c2cc(Cl)cc(-c3ccccc3-c3cncc(C)c3)c2)c1. The summed E-state index contributed by atoms with van der Waals surface area (Å²) in [5.41, 5.74) is 11.1. The van der Waals surface area contributed by atoms with Gasteiger partial charge in [-0.05, 0) is 88.7 Å². The normalized spacial score (nSPS) is 10.9. The number of benzene rings is 3. The van der Waals surface area contributed by atoms with Crippen LogP contribution in [0.15, 0.2) is 104 Å². The lowest BCUT2D eigenvalue weighted by Gasteiger charge is -2.15. The predicted octanol–water partition coefficient (Wildman–Crippen LogP) is 8.41. The van der Waals surface area contributed by atoms with Crippen molar-refractivity contribution >= 4 is 11.6 Å². The minimum absolute atomic E-state index is 0.705. The summed E-state index contributed by atoms with van der Waals surface area (Å²) in [6.07, 6.45) is 7.58. The summed E-state index contributed by atoms with van der Waals surface area (Å²) >= 11 is 6.67. The van der Waals surface area contributed by atoms with Crippen LogP contribution in [0.1, 0.15) is 11.1 Å². The van der Waals surface area contributed by atoms with E-state index in [4.69, 9.17) is 11.6 Å². The molecule has 33 heavy (non-hydrogen) atoms. The van der Waals surface area contributed by atoms with Gasteiger partial charge in [-0.2, -0.15) is 0 Å². The van der Waals surface area contributed by atoms with Crippen LogP contribution in [0.3, 0.4) is 0 Å². The van der Waals surface area contributed by atoms with Gasteiger partial charge in [0.25, 0.3) is 0 Å². The van der Waals surface area contributed by atoms with Gasteiger partial charge in [0.15, 0.2) is 0 Å². The Labute approximate surface area is 199 Å². The first-order valence-electron chi connectivity index (χ1n) is 10.9. The van der Waals surface area contributed by atoms with Crippen molar-refractivity contribution < 1.29 is 0 Å². The van der Waals surface area contributed by atoms with Crippen molar-refractivity contribution in [2.24, 2.45) is 0 Å². The number of hydrogen-bond donors (Lipinski definition) is 0. The molecule has 5 aromatic rings. The molecule has 0 spiro atoms. The van der Waals surface area contributed by atoms with Crippen molar-refractivity contribution in [1.82, 2.24) is 9.97 Å². The molecule has 0 atom stereocenters. The Morgan fingerprint density at radius 2 is 0.879 bits per heavy atom. The number of nitrogens with zero attached hydrogens (tertiary/aromatic N) is 2. The van der Waals surface area contributed by atoms with Crippen molar-refractivity contribution in [2.75, 3.05) is 0 Å². The Bertz CT molecular complexity index is 1350. The second kappa shape index (κ2) is 9.01. The van der Waals surface area contributed by atoms with Crippen molar-refractivity contribution in [3.05, 3.63) is 120 Å². The van der Waals surface area contributed by atoms with Crippen LogP contribution >= 0.6 is 11.6 Å². The van der Waals surface area contributed by atoms with Crippen molar-refractivity contribution in [3.8, 4) is 44.5 Å². The molecule has 2 nitrogen and oxygen atoms in total. The van der Waals surface area contributed by atoms with Gasteiger partial charge >= 0.3 is 0 Å². The number of halogens is 1. The molecule has 0 aliphatic heterocycles. The van der Waals surface area contributed by atoms with E-state index in [9.17, 15) is 0 Å². The molecular formula is C30H23ClN2. The number of rotatable bonds is 4. The van der Waals surface area contributed by atoms with Crippen molar-refractivity contribution in [3.63, 3.8) is 0 Å². The lowest BCUT2D eigenvalue weighted by Crippen LogP contribution is -1.90. The largest absolute Gasteiger partial charge is 0.264 e. The molecular weight excluding hydrogens is 424 g/mol. The lowest BCUT2D eigenvalue weighted by molar-refractivity contribution is 1.27. The summed E-state index contributed by atoms with van der Waals surface area (Å²) in [6.45, 7) is 4.13. The second-order valence-electron chi connectivity index (χ2n) is 8.32. The zero-order valence-electron chi connectivity index (χ0n) is 18.6. The highest BCUT2D eigenvalue weighted by molar-refractivity contribution is 6.31. The van der Waals surface area contributed by atoms with Crippen molar-refractivity contribution in [1.29, 1.82) is 0 Å². The fraction of sp³-hybridized carbons (Fsp3) is 0.0667. The van der Waals surface area contributed by atoms with Gasteiger partial charge in [0.05, 0.1) is 0 Å². The molecule has 0 saturated heterocycles. The van der Waals surface area contributed by atoms with E-state index in [-0.39, 0.29) is 0 Å². The van der Waals surface area contributed by atoms with Crippen LogP contribution in [0, 0.1) is 13.8 Å². The van der Waals surface area contributed by atoms with Gasteiger partial charge in [0.2, 0.25) is 0 Å². The summed E-state index contributed by atoms with van der Waals surface area (Å²) in [6, 6.07) is 27.4. The fourth-order valence-electron chi connectivity index (χ4n) is 4.28. The van der Waals surface area contributed by atoms with Gasteiger partial charge in [0, 0.05) is 40.9 Å². The maximum absolute atomic E-state index is 6.67. The standard InChI is InChI=1S/C30H23ClN2/c1-20-11-24(18-32-16-20)29-9-5-3-7-27(29)22-13-23(15-26(31)14-22)28-8-4-6-10-30(28)25-12-21(2)17-33-19-25/h3-19H,1-2H3. The molecule has 0 amide bonds. The molecule has 0 unspecified atom stereocenters. The maximum Gasteiger partial charge on any atom is 0.0418 e. The molecule has 3 aromatic carbocycles. The molecule has 0 aliphatic carbocycles. The number of pyridine rings is 2. The molecule has 0 N–H and O–H groups in total. The van der Waals surface area contributed by atoms with Gasteiger partial charge in [-0.3, -0.25) is 9.97 Å². The first-order valence-corrected chi connectivity index (χ1v) is 11.3. The monoisotopic (exact) mass is 446 g/mol. The van der Waals surface area contributed by atoms with Gasteiger partial charge in [-0.15, -0.1) is 0 Å². The molecule has 3 heteroatoms. The van der Waals surface area contributed by atoms with Crippen LogP contribution in [0.5, 0.6) is 0 Å².